The Labute approximate surface area is 107 Å². The number of rotatable bonds is 7. The first kappa shape index (κ1) is 14.3. The molecule has 100 valence electrons. The number of nitrogens with one attached hydrogen (secondary N) is 1. The van der Waals surface area contributed by atoms with Crippen LogP contribution < -0.4 is 11.1 Å². The van der Waals surface area contributed by atoms with Crippen molar-refractivity contribution in [3.8, 4) is 11.5 Å². The molecule has 0 unspecified atom stereocenters. The lowest BCUT2D eigenvalue weighted by Gasteiger charge is -2.07. The number of unbranched alkanes of at least 4 members (excludes halogenated alkanes) is 3. The molecule has 0 spiro atoms. The first-order valence-electron chi connectivity index (χ1n) is 6.15. The van der Waals surface area contributed by atoms with Crippen LogP contribution in [-0.2, 0) is 0 Å². The quantitative estimate of drug-likeness (QED) is 0.435. The summed E-state index contributed by atoms with van der Waals surface area (Å²) in [5.41, 5.74) is 5.47. The molecule has 0 aliphatic rings. The van der Waals surface area contributed by atoms with Crippen molar-refractivity contribution in [3.05, 3.63) is 23.8 Å². The topological polar surface area (TPSA) is 95.6 Å². The molecule has 0 aromatic heterocycles. The Balaban J connectivity index is 2.34. The van der Waals surface area contributed by atoms with Gasteiger partial charge in [0.25, 0.3) is 5.91 Å². The maximum Gasteiger partial charge on any atom is 0.255 e. The van der Waals surface area contributed by atoms with Crippen molar-refractivity contribution in [1.82, 2.24) is 5.32 Å². The monoisotopic (exact) mass is 252 g/mol. The number of hydrogen-bond acceptors (Lipinski definition) is 4. The minimum Gasteiger partial charge on any atom is -0.508 e. The fraction of sp³-hybridized carbons (Fsp3) is 0.462. The zero-order chi connectivity index (χ0) is 13.4. The highest BCUT2D eigenvalue weighted by atomic mass is 16.3. The summed E-state index contributed by atoms with van der Waals surface area (Å²) in [4.78, 5) is 11.7. The molecule has 5 nitrogen and oxygen atoms in total. The Morgan fingerprint density at radius 1 is 1.17 bits per heavy atom. The van der Waals surface area contributed by atoms with Crippen LogP contribution in [0, 0.1) is 0 Å². The Morgan fingerprint density at radius 3 is 2.61 bits per heavy atom. The van der Waals surface area contributed by atoms with E-state index in [4.69, 9.17) is 5.73 Å². The molecule has 0 aliphatic carbocycles. The second-order valence-corrected chi connectivity index (χ2v) is 4.16. The van der Waals surface area contributed by atoms with Gasteiger partial charge in [-0.1, -0.05) is 12.8 Å². The molecule has 0 fully saturated rings. The first-order valence-corrected chi connectivity index (χ1v) is 6.15. The summed E-state index contributed by atoms with van der Waals surface area (Å²) in [6, 6.07) is 3.88. The number of amides is 1. The average Bonchev–Trinajstić information content (AvgIpc) is 2.36. The van der Waals surface area contributed by atoms with Gasteiger partial charge < -0.3 is 21.3 Å². The highest BCUT2D eigenvalue weighted by Crippen LogP contribution is 2.21. The molecular weight excluding hydrogens is 232 g/mol. The van der Waals surface area contributed by atoms with E-state index in [1.807, 2.05) is 0 Å². The van der Waals surface area contributed by atoms with E-state index in [9.17, 15) is 15.0 Å². The molecule has 0 saturated heterocycles. The lowest BCUT2D eigenvalue weighted by molar-refractivity contribution is 0.0950. The summed E-state index contributed by atoms with van der Waals surface area (Å²) < 4.78 is 0. The standard InChI is InChI=1S/C13H20N2O3/c14-7-3-1-2-4-8-15-13(18)11-9-10(16)5-6-12(11)17/h5-6,9,16-17H,1-4,7-8,14H2,(H,15,18). The Hall–Kier alpha value is -1.75. The smallest absolute Gasteiger partial charge is 0.255 e. The SMILES string of the molecule is NCCCCCCNC(=O)c1cc(O)ccc1O. The van der Waals surface area contributed by atoms with Gasteiger partial charge in [0.2, 0.25) is 0 Å². The highest BCUT2D eigenvalue weighted by molar-refractivity contribution is 5.97. The number of carbonyl (C=O) groups excluding carboxylic acids is 1. The molecule has 1 amide bonds. The minimum atomic E-state index is -0.373. The van der Waals surface area contributed by atoms with Crippen LogP contribution in [-0.4, -0.2) is 29.2 Å². The maximum absolute atomic E-state index is 11.7. The summed E-state index contributed by atoms with van der Waals surface area (Å²) in [5, 5.41) is 21.4. The molecule has 1 aromatic carbocycles. The molecular formula is C13H20N2O3. The second kappa shape index (κ2) is 7.55. The van der Waals surface area contributed by atoms with Crippen molar-refractivity contribution in [1.29, 1.82) is 0 Å². The molecule has 0 aliphatic heterocycles. The van der Waals surface area contributed by atoms with E-state index in [2.05, 4.69) is 5.32 Å². The van der Waals surface area contributed by atoms with Crippen LogP contribution in [0.1, 0.15) is 36.0 Å². The van der Waals surface area contributed by atoms with Crippen molar-refractivity contribution in [2.45, 2.75) is 25.7 Å². The van der Waals surface area contributed by atoms with E-state index >= 15 is 0 Å². The van der Waals surface area contributed by atoms with Gasteiger partial charge in [-0.2, -0.15) is 0 Å². The molecule has 18 heavy (non-hydrogen) atoms. The third-order valence-corrected chi connectivity index (χ3v) is 2.64. The van der Waals surface area contributed by atoms with Crippen LogP contribution in [0.5, 0.6) is 11.5 Å². The summed E-state index contributed by atoms with van der Waals surface area (Å²) >= 11 is 0. The van der Waals surface area contributed by atoms with Crippen molar-refractivity contribution >= 4 is 5.91 Å². The van der Waals surface area contributed by atoms with E-state index in [0.29, 0.717) is 13.1 Å². The van der Waals surface area contributed by atoms with Crippen LogP contribution in [0.3, 0.4) is 0 Å². The van der Waals surface area contributed by atoms with Gasteiger partial charge in [-0.05, 0) is 37.6 Å². The Morgan fingerprint density at radius 2 is 1.89 bits per heavy atom. The van der Waals surface area contributed by atoms with Crippen molar-refractivity contribution in [2.75, 3.05) is 13.1 Å². The van der Waals surface area contributed by atoms with E-state index in [0.717, 1.165) is 25.7 Å². The molecule has 0 saturated carbocycles. The van der Waals surface area contributed by atoms with Crippen LogP contribution >= 0.6 is 0 Å². The van der Waals surface area contributed by atoms with Crippen molar-refractivity contribution < 1.29 is 15.0 Å². The molecule has 0 heterocycles. The molecule has 0 atom stereocenters. The van der Waals surface area contributed by atoms with Gasteiger partial charge in [0.05, 0.1) is 5.56 Å². The lowest BCUT2D eigenvalue weighted by Crippen LogP contribution is -2.24. The van der Waals surface area contributed by atoms with E-state index in [1.165, 1.54) is 18.2 Å². The fourth-order valence-electron chi connectivity index (χ4n) is 1.63. The summed E-state index contributed by atoms with van der Waals surface area (Å²) in [5.74, 6) is -0.545. The predicted octanol–water partition coefficient (Wildman–Crippen LogP) is 1.35. The van der Waals surface area contributed by atoms with E-state index in [-0.39, 0.29) is 23.0 Å². The van der Waals surface area contributed by atoms with Gasteiger partial charge >= 0.3 is 0 Å². The highest BCUT2D eigenvalue weighted by Gasteiger charge is 2.10. The number of carbonyl (C=O) groups is 1. The zero-order valence-corrected chi connectivity index (χ0v) is 10.4. The van der Waals surface area contributed by atoms with Crippen LogP contribution in [0.4, 0.5) is 0 Å². The maximum atomic E-state index is 11.7. The van der Waals surface area contributed by atoms with E-state index in [1.54, 1.807) is 0 Å². The number of benzene rings is 1. The third-order valence-electron chi connectivity index (χ3n) is 2.64. The largest absolute Gasteiger partial charge is 0.508 e. The summed E-state index contributed by atoms with van der Waals surface area (Å²) in [6.45, 7) is 1.25. The van der Waals surface area contributed by atoms with Gasteiger partial charge in [0.15, 0.2) is 0 Å². The van der Waals surface area contributed by atoms with Gasteiger partial charge in [-0.3, -0.25) is 4.79 Å². The lowest BCUT2D eigenvalue weighted by atomic mass is 10.1. The molecule has 5 heteroatoms. The molecule has 1 rings (SSSR count). The van der Waals surface area contributed by atoms with Crippen LogP contribution in [0.2, 0.25) is 0 Å². The minimum absolute atomic E-state index is 0.0408. The van der Waals surface area contributed by atoms with E-state index < -0.39 is 0 Å². The molecule has 0 bridgehead atoms. The van der Waals surface area contributed by atoms with Gasteiger partial charge in [-0.25, -0.2) is 0 Å². The van der Waals surface area contributed by atoms with Gasteiger partial charge in [0.1, 0.15) is 11.5 Å². The summed E-state index contributed by atoms with van der Waals surface area (Å²) in [7, 11) is 0. The Bertz CT molecular complexity index is 394. The van der Waals surface area contributed by atoms with Crippen molar-refractivity contribution in [3.63, 3.8) is 0 Å². The normalized spacial score (nSPS) is 10.3. The zero-order valence-electron chi connectivity index (χ0n) is 10.4. The number of nitrogens with two attached hydrogens (primary N) is 1. The first-order chi connectivity index (χ1) is 8.65. The predicted molar refractivity (Wildman–Crippen MR) is 69.6 cm³/mol. The molecule has 0 radical (unpaired) electrons. The molecule has 5 N–H and O–H groups in total. The summed E-state index contributed by atoms with van der Waals surface area (Å²) in [6.07, 6.45) is 3.96. The number of hydrogen-bond donors (Lipinski definition) is 4. The van der Waals surface area contributed by atoms with Crippen LogP contribution in [0.25, 0.3) is 0 Å². The third kappa shape index (κ3) is 4.63. The van der Waals surface area contributed by atoms with Crippen LogP contribution in [0.15, 0.2) is 18.2 Å². The molecule has 1 aromatic rings. The number of aromatic hydroxyl groups is 2. The Kier molecular flexibility index (Phi) is 6.00. The van der Waals surface area contributed by atoms with Gasteiger partial charge in [-0.15, -0.1) is 0 Å². The van der Waals surface area contributed by atoms with Crippen molar-refractivity contribution in [2.24, 2.45) is 5.73 Å². The fourth-order valence-corrected chi connectivity index (χ4v) is 1.63. The average molecular weight is 252 g/mol. The number of phenols is 2. The second-order valence-electron chi connectivity index (χ2n) is 4.16. The number of phenolic OH excluding ortho intramolecular Hbond substituents is 2. The van der Waals surface area contributed by atoms with Gasteiger partial charge in [0, 0.05) is 6.54 Å².